The van der Waals surface area contributed by atoms with Gasteiger partial charge in [-0.05, 0) is 31.0 Å². The molecule has 0 aromatic heterocycles. The molecule has 1 aromatic carbocycles. The Bertz CT molecular complexity index is 336. The van der Waals surface area contributed by atoms with E-state index in [2.05, 4.69) is 13.8 Å². The van der Waals surface area contributed by atoms with E-state index in [0.29, 0.717) is 12.2 Å². The lowest BCUT2D eigenvalue weighted by Gasteiger charge is -2.32. The molecule has 0 unspecified atom stereocenters. The highest BCUT2D eigenvalue weighted by Gasteiger charge is 2.20. The summed E-state index contributed by atoms with van der Waals surface area (Å²) in [7, 11) is 0. The zero-order valence-electron chi connectivity index (χ0n) is 10.3. The summed E-state index contributed by atoms with van der Waals surface area (Å²) < 4.78 is 13.6. The van der Waals surface area contributed by atoms with Gasteiger partial charge in [0.25, 0.3) is 0 Å². The van der Waals surface area contributed by atoms with Crippen molar-refractivity contribution < 1.29 is 4.39 Å². The molecule has 0 bridgehead atoms. The van der Waals surface area contributed by atoms with Crippen molar-refractivity contribution in [2.24, 2.45) is 11.1 Å². The molecule has 0 aliphatic carbocycles. The summed E-state index contributed by atoms with van der Waals surface area (Å²) in [6.07, 6.45) is 0. The van der Waals surface area contributed by atoms with Crippen molar-refractivity contribution in [2.45, 2.75) is 20.8 Å². The highest BCUT2D eigenvalue weighted by Crippen LogP contribution is 2.23. The number of para-hydroxylation sites is 1. The van der Waals surface area contributed by atoms with Crippen molar-refractivity contribution in [2.75, 3.05) is 24.5 Å². The molecule has 0 saturated carbocycles. The Hall–Kier alpha value is -1.09. The fourth-order valence-corrected chi connectivity index (χ4v) is 1.66. The number of hydrogen-bond acceptors (Lipinski definition) is 2. The molecule has 0 aliphatic heterocycles. The van der Waals surface area contributed by atoms with E-state index in [1.54, 1.807) is 6.07 Å². The molecule has 1 aromatic rings. The minimum absolute atomic E-state index is 0.00170. The Morgan fingerprint density at radius 3 is 2.44 bits per heavy atom. The smallest absolute Gasteiger partial charge is 0.146 e. The highest BCUT2D eigenvalue weighted by molar-refractivity contribution is 5.47. The number of nitrogens with zero attached hydrogens (tertiary/aromatic N) is 1. The first-order valence-corrected chi connectivity index (χ1v) is 5.69. The second-order valence-electron chi connectivity index (χ2n) is 4.83. The third-order valence-corrected chi connectivity index (χ3v) is 2.75. The van der Waals surface area contributed by atoms with Gasteiger partial charge < -0.3 is 10.6 Å². The van der Waals surface area contributed by atoms with Crippen LogP contribution in [0.2, 0.25) is 0 Å². The van der Waals surface area contributed by atoms with Crippen LogP contribution >= 0.6 is 0 Å². The van der Waals surface area contributed by atoms with Crippen LogP contribution in [0.15, 0.2) is 24.3 Å². The molecule has 0 spiro atoms. The molecule has 0 heterocycles. The van der Waals surface area contributed by atoms with E-state index in [9.17, 15) is 4.39 Å². The Morgan fingerprint density at radius 2 is 1.94 bits per heavy atom. The van der Waals surface area contributed by atoms with Crippen LogP contribution in [0.4, 0.5) is 10.1 Å². The van der Waals surface area contributed by atoms with Crippen LogP contribution in [-0.2, 0) is 0 Å². The van der Waals surface area contributed by atoms with Crippen molar-refractivity contribution in [3.63, 3.8) is 0 Å². The van der Waals surface area contributed by atoms with Crippen molar-refractivity contribution >= 4 is 5.69 Å². The summed E-state index contributed by atoms with van der Waals surface area (Å²) in [5, 5.41) is 0. The normalized spacial score (nSPS) is 11.6. The van der Waals surface area contributed by atoms with E-state index in [1.807, 2.05) is 24.0 Å². The number of nitrogens with two attached hydrogens (primary N) is 1. The van der Waals surface area contributed by atoms with E-state index in [4.69, 9.17) is 5.73 Å². The van der Waals surface area contributed by atoms with Gasteiger partial charge in [-0.3, -0.25) is 0 Å². The largest absolute Gasteiger partial charge is 0.369 e. The summed E-state index contributed by atoms with van der Waals surface area (Å²) in [6.45, 7) is 8.36. The third kappa shape index (κ3) is 3.20. The van der Waals surface area contributed by atoms with Gasteiger partial charge in [0.1, 0.15) is 5.82 Å². The summed E-state index contributed by atoms with van der Waals surface area (Å²) in [6, 6.07) is 6.87. The first kappa shape index (κ1) is 13.0. The van der Waals surface area contributed by atoms with Crippen LogP contribution in [0.1, 0.15) is 20.8 Å². The Balaban J connectivity index is 2.87. The maximum absolute atomic E-state index is 13.6. The average molecular weight is 224 g/mol. The standard InChI is InChI=1S/C13H21FN2/c1-4-16(10-13(2,3)9-15)12-8-6-5-7-11(12)14/h5-8H,4,9-10,15H2,1-3H3. The van der Waals surface area contributed by atoms with Gasteiger partial charge in [0.2, 0.25) is 0 Å². The van der Waals surface area contributed by atoms with Crippen molar-refractivity contribution in [1.29, 1.82) is 0 Å². The van der Waals surface area contributed by atoms with Crippen LogP contribution in [0.3, 0.4) is 0 Å². The highest BCUT2D eigenvalue weighted by atomic mass is 19.1. The molecule has 0 atom stereocenters. The van der Waals surface area contributed by atoms with E-state index >= 15 is 0 Å². The molecular weight excluding hydrogens is 203 g/mol. The molecule has 0 aliphatic rings. The maximum atomic E-state index is 13.6. The molecule has 2 nitrogen and oxygen atoms in total. The fourth-order valence-electron chi connectivity index (χ4n) is 1.66. The zero-order chi connectivity index (χ0) is 12.2. The molecule has 2 N–H and O–H groups in total. The number of anilines is 1. The van der Waals surface area contributed by atoms with Gasteiger partial charge in [0.05, 0.1) is 5.69 Å². The predicted octanol–water partition coefficient (Wildman–Crippen LogP) is 2.64. The Morgan fingerprint density at radius 1 is 1.31 bits per heavy atom. The minimum atomic E-state index is -0.169. The van der Waals surface area contributed by atoms with Gasteiger partial charge in [-0.1, -0.05) is 26.0 Å². The van der Waals surface area contributed by atoms with E-state index in [-0.39, 0.29) is 11.2 Å². The van der Waals surface area contributed by atoms with E-state index < -0.39 is 0 Å². The van der Waals surface area contributed by atoms with Crippen LogP contribution in [0.5, 0.6) is 0 Å². The topological polar surface area (TPSA) is 29.3 Å². The van der Waals surface area contributed by atoms with Crippen molar-refractivity contribution in [3.05, 3.63) is 30.1 Å². The van der Waals surface area contributed by atoms with Gasteiger partial charge >= 0.3 is 0 Å². The second kappa shape index (κ2) is 5.30. The van der Waals surface area contributed by atoms with Crippen molar-refractivity contribution in [1.82, 2.24) is 0 Å². The van der Waals surface area contributed by atoms with Crippen LogP contribution in [0, 0.1) is 11.2 Å². The molecular formula is C13H21FN2. The van der Waals surface area contributed by atoms with E-state index in [0.717, 1.165) is 13.1 Å². The summed E-state index contributed by atoms with van der Waals surface area (Å²) >= 11 is 0. The monoisotopic (exact) mass is 224 g/mol. The molecule has 0 amide bonds. The lowest BCUT2D eigenvalue weighted by atomic mass is 9.93. The minimum Gasteiger partial charge on any atom is -0.369 e. The number of benzene rings is 1. The maximum Gasteiger partial charge on any atom is 0.146 e. The summed E-state index contributed by atoms with van der Waals surface area (Å²) in [4.78, 5) is 2.03. The lowest BCUT2D eigenvalue weighted by molar-refractivity contribution is 0.378. The average Bonchev–Trinajstić information content (AvgIpc) is 2.27. The third-order valence-electron chi connectivity index (χ3n) is 2.75. The number of halogens is 1. The van der Waals surface area contributed by atoms with Crippen LogP contribution < -0.4 is 10.6 Å². The van der Waals surface area contributed by atoms with Crippen LogP contribution in [0.25, 0.3) is 0 Å². The summed E-state index contributed by atoms with van der Waals surface area (Å²) in [5.41, 5.74) is 6.36. The first-order valence-electron chi connectivity index (χ1n) is 5.69. The molecule has 3 heteroatoms. The Labute approximate surface area is 97.3 Å². The van der Waals surface area contributed by atoms with Gasteiger partial charge in [0, 0.05) is 13.1 Å². The molecule has 0 radical (unpaired) electrons. The first-order chi connectivity index (χ1) is 7.50. The van der Waals surface area contributed by atoms with E-state index in [1.165, 1.54) is 6.07 Å². The predicted molar refractivity (Wildman–Crippen MR) is 67.1 cm³/mol. The SMILES string of the molecule is CCN(CC(C)(C)CN)c1ccccc1F. The molecule has 1 rings (SSSR count). The summed E-state index contributed by atoms with van der Waals surface area (Å²) in [5.74, 6) is -0.169. The molecule has 90 valence electrons. The van der Waals surface area contributed by atoms with Gasteiger partial charge in [-0.25, -0.2) is 4.39 Å². The number of rotatable bonds is 5. The van der Waals surface area contributed by atoms with Gasteiger partial charge in [-0.15, -0.1) is 0 Å². The quantitative estimate of drug-likeness (QED) is 0.833. The van der Waals surface area contributed by atoms with Gasteiger partial charge in [-0.2, -0.15) is 0 Å². The number of hydrogen-bond donors (Lipinski definition) is 1. The van der Waals surface area contributed by atoms with Crippen molar-refractivity contribution in [3.8, 4) is 0 Å². The molecule has 0 saturated heterocycles. The van der Waals surface area contributed by atoms with Crippen LogP contribution in [-0.4, -0.2) is 19.6 Å². The molecule has 16 heavy (non-hydrogen) atoms. The van der Waals surface area contributed by atoms with Gasteiger partial charge in [0.15, 0.2) is 0 Å². The second-order valence-corrected chi connectivity index (χ2v) is 4.83. The molecule has 0 fully saturated rings. The zero-order valence-corrected chi connectivity index (χ0v) is 10.3. The fraction of sp³-hybridized carbons (Fsp3) is 0.538. The lowest BCUT2D eigenvalue weighted by Crippen LogP contribution is -2.39. The Kier molecular flexibility index (Phi) is 4.30.